The van der Waals surface area contributed by atoms with Gasteiger partial charge in [-0.2, -0.15) is 5.10 Å². The molecule has 0 radical (unpaired) electrons. The number of benzene rings is 1. The smallest absolute Gasteiger partial charge is 0.191 e. The van der Waals surface area contributed by atoms with Crippen LogP contribution < -0.4 is 15.4 Å². The molecule has 1 atom stereocenters. The van der Waals surface area contributed by atoms with Crippen molar-refractivity contribution in [2.45, 2.75) is 12.6 Å². The minimum Gasteiger partial charge on any atom is -0.496 e. The van der Waals surface area contributed by atoms with Gasteiger partial charge in [0.05, 0.1) is 19.7 Å². The van der Waals surface area contributed by atoms with Crippen LogP contribution in [0.1, 0.15) is 17.4 Å². The minimum absolute atomic E-state index is 0. The van der Waals surface area contributed by atoms with E-state index in [-0.39, 0.29) is 30.0 Å². The molecule has 0 saturated heterocycles. The monoisotopic (exact) mass is 473 g/mol. The Morgan fingerprint density at radius 2 is 2.04 bits per heavy atom. The van der Waals surface area contributed by atoms with Crippen molar-refractivity contribution < 1.29 is 4.74 Å². The molecule has 1 heterocycles. The van der Waals surface area contributed by atoms with Gasteiger partial charge in [0.1, 0.15) is 17.9 Å². The first-order valence-electron chi connectivity index (χ1n) is 8.13. The zero-order valence-electron chi connectivity index (χ0n) is 15.9. The van der Waals surface area contributed by atoms with Crippen LogP contribution in [0.25, 0.3) is 0 Å². The van der Waals surface area contributed by atoms with Crippen molar-refractivity contribution in [3.05, 3.63) is 42.0 Å². The Bertz CT molecular complexity index is 702. The van der Waals surface area contributed by atoms with E-state index in [0.29, 0.717) is 19.0 Å². The van der Waals surface area contributed by atoms with E-state index in [1.165, 1.54) is 6.33 Å². The summed E-state index contributed by atoms with van der Waals surface area (Å²) >= 11 is 0. The first kappa shape index (κ1) is 22.2. The van der Waals surface area contributed by atoms with Crippen LogP contribution in [0.3, 0.4) is 0 Å². The molecule has 0 aliphatic carbocycles. The number of guanidine groups is 1. The van der Waals surface area contributed by atoms with Gasteiger partial charge in [0.2, 0.25) is 0 Å². The Labute approximate surface area is 172 Å². The van der Waals surface area contributed by atoms with E-state index >= 15 is 0 Å². The molecule has 0 amide bonds. The molecule has 0 saturated carbocycles. The second kappa shape index (κ2) is 11.0. The van der Waals surface area contributed by atoms with Gasteiger partial charge in [0.25, 0.3) is 0 Å². The number of hydrogen-bond acceptors (Lipinski definition) is 5. The highest BCUT2D eigenvalue weighted by molar-refractivity contribution is 14.0. The molecule has 1 aromatic heterocycles. The molecule has 0 aliphatic rings. The Hall–Kier alpha value is -1.88. The van der Waals surface area contributed by atoms with Gasteiger partial charge in [0, 0.05) is 26.2 Å². The second-order valence-electron chi connectivity index (χ2n) is 5.83. The molecule has 9 heteroatoms. The SMILES string of the molecule is CN=C(NCc1ncnn1C)NCC(c1ccccc1OC)N(C)C.I. The van der Waals surface area contributed by atoms with Crippen molar-refractivity contribution >= 4 is 29.9 Å². The molecule has 144 valence electrons. The molecule has 8 nitrogen and oxygen atoms in total. The highest BCUT2D eigenvalue weighted by atomic mass is 127. The highest BCUT2D eigenvalue weighted by Crippen LogP contribution is 2.27. The van der Waals surface area contributed by atoms with E-state index in [1.54, 1.807) is 18.8 Å². The van der Waals surface area contributed by atoms with Gasteiger partial charge in [0.15, 0.2) is 5.96 Å². The molecule has 2 aromatic rings. The molecule has 26 heavy (non-hydrogen) atoms. The standard InChI is InChI=1S/C17H27N7O.HI/c1-18-17(20-11-16-21-12-22-24(16)4)19-10-14(23(2)3)13-8-6-7-9-15(13)25-5;/h6-9,12,14H,10-11H2,1-5H3,(H2,18,19,20);1H. The fourth-order valence-electron chi connectivity index (χ4n) is 2.57. The first-order chi connectivity index (χ1) is 12.1. The summed E-state index contributed by atoms with van der Waals surface area (Å²) < 4.78 is 7.23. The van der Waals surface area contributed by atoms with Crippen molar-refractivity contribution in [2.75, 3.05) is 34.8 Å². The van der Waals surface area contributed by atoms with Crippen LogP contribution in [-0.2, 0) is 13.6 Å². The molecule has 1 unspecified atom stereocenters. The lowest BCUT2D eigenvalue weighted by Gasteiger charge is -2.27. The number of rotatable bonds is 7. The maximum absolute atomic E-state index is 5.50. The largest absolute Gasteiger partial charge is 0.496 e. The zero-order valence-corrected chi connectivity index (χ0v) is 18.3. The summed E-state index contributed by atoms with van der Waals surface area (Å²) in [5.74, 6) is 2.44. The summed E-state index contributed by atoms with van der Waals surface area (Å²) in [5.41, 5.74) is 1.13. The predicted octanol–water partition coefficient (Wildman–Crippen LogP) is 1.41. The van der Waals surface area contributed by atoms with Crippen molar-refractivity contribution in [2.24, 2.45) is 12.0 Å². The number of aromatic nitrogens is 3. The molecular weight excluding hydrogens is 445 g/mol. The number of aliphatic imine (C=N–C) groups is 1. The van der Waals surface area contributed by atoms with Gasteiger partial charge in [-0.05, 0) is 20.2 Å². The minimum atomic E-state index is 0. The lowest BCUT2D eigenvalue weighted by atomic mass is 10.0. The molecular formula is C17H28IN7O. The fourth-order valence-corrected chi connectivity index (χ4v) is 2.57. The third kappa shape index (κ3) is 5.84. The number of ether oxygens (including phenoxy) is 1. The lowest BCUT2D eigenvalue weighted by Crippen LogP contribution is -2.41. The average Bonchev–Trinajstić information content (AvgIpc) is 3.03. The molecule has 2 N–H and O–H groups in total. The summed E-state index contributed by atoms with van der Waals surface area (Å²) in [6, 6.07) is 8.21. The van der Waals surface area contributed by atoms with E-state index < -0.39 is 0 Å². The summed E-state index contributed by atoms with van der Waals surface area (Å²) in [6.07, 6.45) is 1.54. The Kier molecular flexibility index (Phi) is 9.35. The first-order valence-corrected chi connectivity index (χ1v) is 8.13. The van der Waals surface area contributed by atoms with Crippen molar-refractivity contribution in [3.8, 4) is 5.75 Å². The summed E-state index contributed by atoms with van der Waals surface area (Å²) in [5, 5.41) is 10.7. The van der Waals surface area contributed by atoms with Gasteiger partial charge in [-0.15, -0.1) is 24.0 Å². The van der Waals surface area contributed by atoms with Crippen LogP contribution in [0, 0.1) is 0 Å². The normalized spacial score (nSPS) is 12.5. The Balaban J connectivity index is 0.00000338. The predicted molar refractivity (Wildman–Crippen MR) is 114 cm³/mol. The summed E-state index contributed by atoms with van der Waals surface area (Å²) in [7, 11) is 9.41. The zero-order chi connectivity index (χ0) is 18.2. The lowest BCUT2D eigenvalue weighted by molar-refractivity contribution is 0.287. The number of nitrogens with zero attached hydrogens (tertiary/aromatic N) is 5. The van der Waals surface area contributed by atoms with Crippen LogP contribution in [0.2, 0.25) is 0 Å². The van der Waals surface area contributed by atoms with Crippen LogP contribution in [-0.4, -0.2) is 60.4 Å². The number of likely N-dealkylation sites (N-methyl/N-ethyl adjacent to an activating group) is 1. The number of methoxy groups -OCH3 is 1. The fraction of sp³-hybridized carbons (Fsp3) is 0.471. The van der Waals surface area contributed by atoms with Crippen LogP contribution in [0.5, 0.6) is 5.75 Å². The van der Waals surface area contributed by atoms with E-state index in [9.17, 15) is 0 Å². The number of aryl methyl sites for hydroxylation is 1. The van der Waals surface area contributed by atoms with Crippen LogP contribution in [0.4, 0.5) is 0 Å². The molecule has 0 fully saturated rings. The second-order valence-corrected chi connectivity index (χ2v) is 5.83. The number of para-hydroxylation sites is 1. The van der Waals surface area contributed by atoms with Gasteiger partial charge in [-0.3, -0.25) is 9.67 Å². The van der Waals surface area contributed by atoms with Crippen LogP contribution in [0.15, 0.2) is 35.6 Å². The Morgan fingerprint density at radius 3 is 2.62 bits per heavy atom. The summed E-state index contributed by atoms with van der Waals surface area (Å²) in [6.45, 7) is 1.24. The molecule has 0 bridgehead atoms. The third-order valence-corrected chi connectivity index (χ3v) is 4.03. The van der Waals surface area contributed by atoms with E-state index in [1.807, 2.05) is 25.2 Å². The van der Waals surface area contributed by atoms with Gasteiger partial charge in [-0.1, -0.05) is 18.2 Å². The topological polar surface area (TPSA) is 79.6 Å². The van der Waals surface area contributed by atoms with Crippen molar-refractivity contribution in [1.29, 1.82) is 0 Å². The number of nitrogens with one attached hydrogen (secondary N) is 2. The molecule has 2 rings (SSSR count). The van der Waals surface area contributed by atoms with E-state index in [0.717, 1.165) is 17.1 Å². The number of halogens is 1. The van der Waals surface area contributed by atoms with Gasteiger partial charge < -0.3 is 20.3 Å². The maximum Gasteiger partial charge on any atom is 0.191 e. The third-order valence-electron chi connectivity index (χ3n) is 4.03. The molecule has 1 aromatic carbocycles. The van der Waals surface area contributed by atoms with E-state index in [2.05, 4.69) is 50.8 Å². The van der Waals surface area contributed by atoms with E-state index in [4.69, 9.17) is 4.74 Å². The average molecular weight is 473 g/mol. The maximum atomic E-state index is 5.50. The van der Waals surface area contributed by atoms with Gasteiger partial charge >= 0.3 is 0 Å². The van der Waals surface area contributed by atoms with Crippen molar-refractivity contribution in [1.82, 2.24) is 30.3 Å². The van der Waals surface area contributed by atoms with Gasteiger partial charge in [-0.25, -0.2) is 4.98 Å². The molecule has 0 spiro atoms. The summed E-state index contributed by atoms with van der Waals surface area (Å²) in [4.78, 5) is 10.6. The Morgan fingerprint density at radius 1 is 1.31 bits per heavy atom. The quantitative estimate of drug-likeness (QED) is 0.360. The highest BCUT2D eigenvalue weighted by Gasteiger charge is 2.18. The van der Waals surface area contributed by atoms with Crippen molar-refractivity contribution in [3.63, 3.8) is 0 Å². The molecule has 0 aliphatic heterocycles. The number of hydrogen-bond donors (Lipinski definition) is 2. The van der Waals surface area contributed by atoms with Crippen LogP contribution >= 0.6 is 24.0 Å².